The molecule has 0 saturated carbocycles. The molecule has 1 aliphatic rings. The average Bonchev–Trinajstić information content (AvgIpc) is 2.05. The van der Waals surface area contributed by atoms with E-state index in [0.717, 1.165) is 12.5 Å². The van der Waals surface area contributed by atoms with Gasteiger partial charge >= 0.3 is 0 Å². The maximum atomic E-state index is 3.49. The van der Waals surface area contributed by atoms with Gasteiger partial charge in [0.2, 0.25) is 0 Å². The first-order valence-electron chi connectivity index (χ1n) is 5.27. The van der Waals surface area contributed by atoms with Crippen LogP contribution in [0, 0.1) is 5.92 Å². The summed E-state index contributed by atoms with van der Waals surface area (Å²) in [6.07, 6.45) is 5.45. The Morgan fingerprint density at radius 3 is 2.42 bits per heavy atom. The van der Waals surface area contributed by atoms with E-state index in [1.165, 1.54) is 38.8 Å². The molecule has 2 nitrogen and oxygen atoms in total. The van der Waals surface area contributed by atoms with Crippen LogP contribution in [0.3, 0.4) is 0 Å². The molecule has 0 aromatic carbocycles. The summed E-state index contributed by atoms with van der Waals surface area (Å²) in [5.74, 6) is 0.822. The number of hydrazine groups is 1. The topological polar surface area (TPSA) is 15.3 Å². The van der Waals surface area contributed by atoms with Crippen LogP contribution in [0.4, 0.5) is 0 Å². The first-order valence-corrected chi connectivity index (χ1v) is 5.27. The largest absolute Gasteiger partial charge is 0.255 e. The first kappa shape index (κ1) is 10.0. The van der Waals surface area contributed by atoms with E-state index in [1.807, 2.05) is 0 Å². The third-order valence-corrected chi connectivity index (χ3v) is 2.41. The molecule has 1 saturated heterocycles. The van der Waals surface area contributed by atoms with Gasteiger partial charge in [0.25, 0.3) is 0 Å². The zero-order valence-corrected chi connectivity index (χ0v) is 8.47. The number of nitrogens with one attached hydrogen (secondary N) is 1. The van der Waals surface area contributed by atoms with Crippen molar-refractivity contribution in [2.45, 2.75) is 39.5 Å². The van der Waals surface area contributed by atoms with Gasteiger partial charge in [0.15, 0.2) is 0 Å². The molecule has 1 N–H and O–H groups in total. The summed E-state index contributed by atoms with van der Waals surface area (Å²) < 4.78 is 0. The van der Waals surface area contributed by atoms with Crippen molar-refractivity contribution < 1.29 is 0 Å². The second kappa shape index (κ2) is 5.55. The van der Waals surface area contributed by atoms with E-state index < -0.39 is 0 Å². The fourth-order valence-electron chi connectivity index (χ4n) is 1.56. The van der Waals surface area contributed by atoms with Gasteiger partial charge in [-0.3, -0.25) is 5.43 Å². The van der Waals surface area contributed by atoms with Gasteiger partial charge in [-0.2, -0.15) is 0 Å². The van der Waals surface area contributed by atoms with E-state index in [9.17, 15) is 0 Å². The molecule has 2 heteroatoms. The van der Waals surface area contributed by atoms with Gasteiger partial charge in [0.05, 0.1) is 0 Å². The number of rotatable bonds is 4. The zero-order valence-electron chi connectivity index (χ0n) is 8.47. The van der Waals surface area contributed by atoms with Crippen LogP contribution in [0.15, 0.2) is 0 Å². The Labute approximate surface area is 76.3 Å². The monoisotopic (exact) mass is 170 g/mol. The Hall–Kier alpha value is -0.0800. The summed E-state index contributed by atoms with van der Waals surface area (Å²) in [4.78, 5) is 0. The highest BCUT2D eigenvalue weighted by molar-refractivity contribution is 4.60. The molecule has 1 aliphatic heterocycles. The SMILES string of the molecule is CC(C)CCNN1CCCCC1. The molecular formula is C10H22N2. The van der Waals surface area contributed by atoms with E-state index in [1.54, 1.807) is 0 Å². The number of hydrogen-bond acceptors (Lipinski definition) is 2. The van der Waals surface area contributed by atoms with Gasteiger partial charge in [-0.25, -0.2) is 5.01 Å². The van der Waals surface area contributed by atoms with Gasteiger partial charge in [-0.05, 0) is 25.2 Å². The maximum absolute atomic E-state index is 3.49. The molecule has 0 radical (unpaired) electrons. The first-order chi connectivity index (χ1) is 5.79. The number of piperidine rings is 1. The fourth-order valence-corrected chi connectivity index (χ4v) is 1.56. The summed E-state index contributed by atoms with van der Waals surface area (Å²) in [5, 5.41) is 2.38. The Morgan fingerprint density at radius 2 is 1.83 bits per heavy atom. The predicted molar refractivity (Wildman–Crippen MR) is 52.9 cm³/mol. The lowest BCUT2D eigenvalue weighted by atomic mass is 10.1. The molecule has 72 valence electrons. The third kappa shape index (κ3) is 4.07. The molecule has 0 amide bonds. The minimum atomic E-state index is 0.822. The molecule has 0 aliphatic carbocycles. The molecule has 0 spiro atoms. The van der Waals surface area contributed by atoms with Crippen molar-refractivity contribution in [3.05, 3.63) is 0 Å². The molecule has 1 rings (SSSR count). The van der Waals surface area contributed by atoms with Crippen molar-refractivity contribution in [2.24, 2.45) is 5.92 Å². The molecule has 12 heavy (non-hydrogen) atoms. The van der Waals surface area contributed by atoms with E-state index in [4.69, 9.17) is 0 Å². The van der Waals surface area contributed by atoms with E-state index in [-0.39, 0.29) is 0 Å². The van der Waals surface area contributed by atoms with Gasteiger partial charge in [0.1, 0.15) is 0 Å². The lowest BCUT2D eigenvalue weighted by Crippen LogP contribution is -2.42. The molecule has 0 bridgehead atoms. The van der Waals surface area contributed by atoms with Gasteiger partial charge in [-0.1, -0.05) is 20.3 Å². The van der Waals surface area contributed by atoms with Gasteiger partial charge < -0.3 is 0 Å². The lowest BCUT2D eigenvalue weighted by Gasteiger charge is -2.27. The minimum Gasteiger partial charge on any atom is -0.255 e. The van der Waals surface area contributed by atoms with Crippen LogP contribution in [0.1, 0.15) is 39.5 Å². The second-order valence-corrected chi connectivity index (χ2v) is 4.14. The molecule has 1 heterocycles. The van der Waals surface area contributed by atoms with E-state index in [2.05, 4.69) is 24.3 Å². The van der Waals surface area contributed by atoms with E-state index >= 15 is 0 Å². The zero-order chi connectivity index (χ0) is 8.81. The van der Waals surface area contributed by atoms with Crippen molar-refractivity contribution in [1.29, 1.82) is 0 Å². The second-order valence-electron chi connectivity index (χ2n) is 4.14. The smallest absolute Gasteiger partial charge is 0.0131 e. The van der Waals surface area contributed by atoms with Crippen molar-refractivity contribution in [2.75, 3.05) is 19.6 Å². The summed E-state index contributed by atoms with van der Waals surface area (Å²) in [7, 11) is 0. The van der Waals surface area contributed by atoms with Crippen LogP contribution in [-0.2, 0) is 0 Å². The Morgan fingerprint density at radius 1 is 1.17 bits per heavy atom. The normalized spacial score (nSPS) is 20.2. The van der Waals surface area contributed by atoms with Crippen molar-refractivity contribution >= 4 is 0 Å². The third-order valence-electron chi connectivity index (χ3n) is 2.41. The Balaban J connectivity index is 1.98. The lowest BCUT2D eigenvalue weighted by molar-refractivity contribution is 0.151. The molecular weight excluding hydrogens is 148 g/mol. The highest BCUT2D eigenvalue weighted by atomic mass is 15.5. The summed E-state index contributed by atoms with van der Waals surface area (Å²) in [5.41, 5.74) is 3.49. The van der Waals surface area contributed by atoms with Crippen molar-refractivity contribution in [3.8, 4) is 0 Å². The fraction of sp³-hybridized carbons (Fsp3) is 1.00. The standard InChI is InChI=1S/C10H22N2/c1-10(2)6-7-11-12-8-4-3-5-9-12/h10-11H,3-9H2,1-2H3. The predicted octanol–water partition coefficient (Wildman–Crippen LogP) is 2.02. The maximum Gasteiger partial charge on any atom is 0.0131 e. The highest BCUT2D eigenvalue weighted by Crippen LogP contribution is 2.06. The van der Waals surface area contributed by atoms with Gasteiger partial charge in [-0.15, -0.1) is 0 Å². The summed E-state index contributed by atoms with van der Waals surface area (Å²) in [6.45, 7) is 8.20. The molecule has 0 unspecified atom stereocenters. The van der Waals surface area contributed by atoms with Crippen molar-refractivity contribution in [1.82, 2.24) is 10.4 Å². The van der Waals surface area contributed by atoms with Gasteiger partial charge in [0, 0.05) is 19.6 Å². The average molecular weight is 170 g/mol. The minimum absolute atomic E-state index is 0.822. The molecule has 0 atom stereocenters. The number of nitrogens with zero attached hydrogens (tertiary/aromatic N) is 1. The van der Waals surface area contributed by atoms with Crippen LogP contribution in [-0.4, -0.2) is 24.6 Å². The molecule has 1 fully saturated rings. The number of hydrogen-bond donors (Lipinski definition) is 1. The van der Waals surface area contributed by atoms with Crippen LogP contribution in [0.2, 0.25) is 0 Å². The molecule has 0 aromatic rings. The Bertz CT molecular complexity index is 106. The van der Waals surface area contributed by atoms with Crippen LogP contribution in [0.5, 0.6) is 0 Å². The van der Waals surface area contributed by atoms with Crippen LogP contribution >= 0.6 is 0 Å². The molecule has 0 aromatic heterocycles. The quantitative estimate of drug-likeness (QED) is 0.694. The van der Waals surface area contributed by atoms with E-state index in [0.29, 0.717) is 0 Å². The van der Waals surface area contributed by atoms with Crippen LogP contribution in [0.25, 0.3) is 0 Å². The summed E-state index contributed by atoms with van der Waals surface area (Å²) >= 11 is 0. The highest BCUT2D eigenvalue weighted by Gasteiger charge is 2.08. The Kier molecular flexibility index (Phi) is 4.62. The van der Waals surface area contributed by atoms with Crippen molar-refractivity contribution in [3.63, 3.8) is 0 Å². The van der Waals surface area contributed by atoms with Crippen LogP contribution < -0.4 is 5.43 Å². The summed E-state index contributed by atoms with van der Waals surface area (Å²) in [6, 6.07) is 0.